The number of hydrogen-bond donors (Lipinski definition) is 2. The molecule has 1 saturated heterocycles. The summed E-state index contributed by atoms with van der Waals surface area (Å²) in [7, 11) is 4.91. The summed E-state index contributed by atoms with van der Waals surface area (Å²) >= 11 is 6.75. The molecule has 3 aliphatic rings. The number of amides is 2. The number of rotatable bonds is 7. The number of likely N-dealkylation sites (tertiary alicyclic amines) is 1. The molecule has 12 heteroatoms. The third kappa shape index (κ3) is 4.91. The van der Waals surface area contributed by atoms with Gasteiger partial charge in [-0.05, 0) is 73.9 Å². The highest BCUT2D eigenvalue weighted by molar-refractivity contribution is 6.36. The zero-order valence-corrected chi connectivity index (χ0v) is 27.3. The van der Waals surface area contributed by atoms with Crippen molar-refractivity contribution in [2.75, 3.05) is 26.1 Å². The van der Waals surface area contributed by atoms with E-state index in [0.29, 0.717) is 57.2 Å². The Kier molecular flexibility index (Phi) is 7.14. The lowest BCUT2D eigenvalue weighted by atomic mass is 10.1. The van der Waals surface area contributed by atoms with Gasteiger partial charge >= 0.3 is 6.09 Å². The first kappa shape index (κ1) is 29.8. The average Bonchev–Trinajstić information content (AvgIpc) is 3.48. The standard InChI is InChI=1S/C35H36ClN7O4/c1-41-31-25(13-21(15-28(31)46-2)34(44)43-17-20-10-12-26(43)30(20)37)39-33(41)27-14-19-9-11-23(38-32(19)42(27)16-18-7-8-18)22-5-4-6-24(29(22)36)40-35(45)47-3/h4-6,9,11,13-15,18,20,26,30H,7-8,10,12,16-17,37H2,1-3H3,(H,40,45)/t20?,26?,30-/m1/s1. The average molecular weight is 654 g/mol. The number of fused-ring (bicyclic) bond motifs is 4. The molecule has 3 atom stereocenters. The van der Waals surface area contributed by atoms with Crippen molar-refractivity contribution in [3.05, 3.63) is 59.1 Å². The summed E-state index contributed by atoms with van der Waals surface area (Å²) in [5.74, 6) is 2.26. The number of aromatic nitrogens is 4. The summed E-state index contributed by atoms with van der Waals surface area (Å²) in [5, 5.41) is 4.01. The van der Waals surface area contributed by atoms with Crippen molar-refractivity contribution in [2.45, 2.75) is 44.3 Å². The van der Waals surface area contributed by atoms with Crippen molar-refractivity contribution in [1.82, 2.24) is 24.0 Å². The maximum absolute atomic E-state index is 13.7. The minimum Gasteiger partial charge on any atom is -0.494 e. The van der Waals surface area contributed by atoms with Crippen LogP contribution in [0.15, 0.2) is 48.5 Å². The Labute approximate surface area is 276 Å². The molecule has 1 aliphatic heterocycles. The van der Waals surface area contributed by atoms with Gasteiger partial charge in [0.1, 0.15) is 16.9 Å². The molecule has 5 aromatic rings. The first-order valence-corrected chi connectivity index (χ1v) is 16.4. The normalized spacial score (nSPS) is 20.4. The van der Waals surface area contributed by atoms with Crippen molar-refractivity contribution in [2.24, 2.45) is 24.6 Å². The van der Waals surface area contributed by atoms with Gasteiger partial charge in [0.05, 0.1) is 41.8 Å². The molecule has 11 nitrogen and oxygen atoms in total. The van der Waals surface area contributed by atoms with Gasteiger partial charge in [-0.3, -0.25) is 10.1 Å². The predicted molar refractivity (Wildman–Crippen MR) is 181 cm³/mol. The zero-order valence-electron chi connectivity index (χ0n) is 26.5. The molecule has 4 heterocycles. The number of nitrogens with two attached hydrogens (primary N) is 1. The number of halogens is 1. The van der Waals surface area contributed by atoms with E-state index in [9.17, 15) is 9.59 Å². The summed E-state index contributed by atoms with van der Waals surface area (Å²) in [5.41, 5.74) is 12.1. The van der Waals surface area contributed by atoms with E-state index in [-0.39, 0.29) is 18.0 Å². The number of nitrogens with one attached hydrogen (secondary N) is 1. The van der Waals surface area contributed by atoms with Crippen LogP contribution >= 0.6 is 11.6 Å². The number of aryl methyl sites for hydroxylation is 1. The van der Waals surface area contributed by atoms with Crippen LogP contribution in [-0.2, 0) is 18.3 Å². The molecule has 0 spiro atoms. The van der Waals surface area contributed by atoms with Crippen molar-refractivity contribution in [1.29, 1.82) is 0 Å². The number of carbonyl (C=O) groups is 2. The van der Waals surface area contributed by atoms with E-state index in [0.717, 1.165) is 60.3 Å². The number of imidazole rings is 1. The Balaban J connectivity index is 1.22. The molecule has 2 aromatic carbocycles. The Morgan fingerprint density at radius 3 is 2.60 bits per heavy atom. The van der Waals surface area contributed by atoms with Gasteiger partial charge in [-0.1, -0.05) is 23.7 Å². The molecule has 2 saturated carbocycles. The Hall–Kier alpha value is -4.61. The maximum atomic E-state index is 13.7. The van der Waals surface area contributed by atoms with Crippen LogP contribution < -0.4 is 15.8 Å². The van der Waals surface area contributed by atoms with Crippen LogP contribution in [0.5, 0.6) is 5.75 Å². The molecule has 2 bridgehead atoms. The van der Waals surface area contributed by atoms with Crippen molar-refractivity contribution >= 4 is 51.4 Å². The maximum Gasteiger partial charge on any atom is 0.411 e. The van der Waals surface area contributed by atoms with Crippen LogP contribution in [0.4, 0.5) is 10.5 Å². The monoisotopic (exact) mass is 653 g/mol. The van der Waals surface area contributed by atoms with Crippen molar-refractivity contribution < 1.29 is 19.1 Å². The molecule has 2 aliphatic carbocycles. The fourth-order valence-electron chi connectivity index (χ4n) is 7.46. The highest BCUT2D eigenvalue weighted by Crippen LogP contribution is 2.41. The van der Waals surface area contributed by atoms with E-state index in [1.165, 1.54) is 7.11 Å². The Bertz CT molecular complexity index is 2080. The molecule has 3 N–H and O–H groups in total. The van der Waals surface area contributed by atoms with Crippen LogP contribution in [0.25, 0.3) is 44.8 Å². The van der Waals surface area contributed by atoms with E-state index in [4.69, 9.17) is 36.8 Å². The minimum atomic E-state index is -0.599. The number of ether oxygens (including phenoxy) is 2. The molecule has 3 fully saturated rings. The first-order valence-electron chi connectivity index (χ1n) is 16.0. The minimum absolute atomic E-state index is 0.0239. The number of hydrogen-bond acceptors (Lipinski definition) is 7. The first-order chi connectivity index (χ1) is 22.7. The molecular weight excluding hydrogens is 618 g/mol. The van der Waals surface area contributed by atoms with Crippen LogP contribution in [0.2, 0.25) is 5.02 Å². The second-order valence-electron chi connectivity index (χ2n) is 13.0. The number of anilines is 1. The van der Waals surface area contributed by atoms with E-state index in [1.54, 1.807) is 13.2 Å². The summed E-state index contributed by atoms with van der Waals surface area (Å²) < 4.78 is 14.9. The largest absolute Gasteiger partial charge is 0.494 e. The van der Waals surface area contributed by atoms with Gasteiger partial charge in [0.25, 0.3) is 5.91 Å². The molecule has 0 radical (unpaired) electrons. The highest BCUT2D eigenvalue weighted by Gasteiger charge is 2.47. The highest BCUT2D eigenvalue weighted by atomic mass is 35.5. The molecular formula is C35H36ClN7O4. The number of pyridine rings is 1. The van der Waals surface area contributed by atoms with Crippen LogP contribution in [-0.4, -0.2) is 68.9 Å². The lowest BCUT2D eigenvalue weighted by Gasteiger charge is -2.27. The predicted octanol–water partition coefficient (Wildman–Crippen LogP) is 6.07. The molecule has 2 amide bonds. The second kappa shape index (κ2) is 11.3. The summed E-state index contributed by atoms with van der Waals surface area (Å²) in [6.07, 6.45) is 3.76. The smallest absolute Gasteiger partial charge is 0.411 e. The summed E-state index contributed by atoms with van der Waals surface area (Å²) in [6, 6.07) is 15.4. The molecule has 2 unspecified atom stereocenters. The van der Waals surface area contributed by atoms with E-state index in [2.05, 4.69) is 16.0 Å². The van der Waals surface area contributed by atoms with Crippen LogP contribution in [0.3, 0.4) is 0 Å². The fourth-order valence-corrected chi connectivity index (χ4v) is 7.73. The third-order valence-electron chi connectivity index (χ3n) is 10.1. The molecule has 242 valence electrons. The van der Waals surface area contributed by atoms with Gasteiger partial charge in [-0.25, -0.2) is 14.8 Å². The molecule has 47 heavy (non-hydrogen) atoms. The van der Waals surface area contributed by atoms with Gasteiger partial charge < -0.3 is 29.2 Å². The lowest BCUT2D eigenvalue weighted by Crippen LogP contribution is -2.41. The molecule has 3 aromatic heterocycles. The van der Waals surface area contributed by atoms with Gasteiger partial charge in [0.15, 0.2) is 5.82 Å². The quantitative estimate of drug-likeness (QED) is 0.218. The number of nitrogens with zero attached hydrogens (tertiary/aromatic N) is 5. The third-order valence-corrected chi connectivity index (χ3v) is 10.5. The van der Waals surface area contributed by atoms with E-state index >= 15 is 0 Å². The Morgan fingerprint density at radius 1 is 1.06 bits per heavy atom. The van der Waals surface area contributed by atoms with E-state index < -0.39 is 6.09 Å². The topological polar surface area (TPSA) is 130 Å². The van der Waals surface area contributed by atoms with Crippen LogP contribution in [0, 0.1) is 11.8 Å². The van der Waals surface area contributed by atoms with Crippen molar-refractivity contribution in [3.8, 4) is 28.5 Å². The van der Waals surface area contributed by atoms with Crippen molar-refractivity contribution in [3.63, 3.8) is 0 Å². The Morgan fingerprint density at radius 2 is 1.89 bits per heavy atom. The SMILES string of the molecule is COC(=O)Nc1cccc(-c2ccc3cc(-c4nc5cc(C(=O)N6CC7CCC6[C@@H]7N)cc(OC)c5n4C)n(CC4CC4)c3n2)c1Cl. The van der Waals surface area contributed by atoms with Crippen LogP contribution in [0.1, 0.15) is 36.0 Å². The number of carbonyl (C=O) groups excluding carboxylic acids is 2. The number of benzene rings is 2. The zero-order chi connectivity index (χ0) is 32.6. The second-order valence-corrected chi connectivity index (χ2v) is 13.3. The van der Waals surface area contributed by atoms with Gasteiger partial charge in [0, 0.05) is 48.7 Å². The van der Waals surface area contributed by atoms with Gasteiger partial charge in [0.2, 0.25) is 0 Å². The summed E-state index contributed by atoms with van der Waals surface area (Å²) in [4.78, 5) is 37.8. The van der Waals surface area contributed by atoms with Gasteiger partial charge in [-0.2, -0.15) is 0 Å². The van der Waals surface area contributed by atoms with E-state index in [1.807, 2.05) is 52.9 Å². The molecule has 8 rings (SSSR count). The number of methoxy groups -OCH3 is 2. The van der Waals surface area contributed by atoms with Gasteiger partial charge in [-0.15, -0.1) is 0 Å². The lowest BCUT2D eigenvalue weighted by molar-refractivity contribution is 0.0700. The number of piperidine rings is 1. The fraction of sp³-hybridized carbons (Fsp3) is 0.371. The summed E-state index contributed by atoms with van der Waals surface area (Å²) in [6.45, 7) is 1.50.